The van der Waals surface area contributed by atoms with Crippen LogP contribution < -0.4 is 0 Å². The third-order valence-electron chi connectivity index (χ3n) is 14.1. The Labute approximate surface area is 407 Å². The molecule has 15 aromatic rings. The summed E-state index contributed by atoms with van der Waals surface area (Å²) in [5.74, 6) is 0.851. The van der Waals surface area contributed by atoms with Crippen LogP contribution in [0.25, 0.3) is 133 Å². The third-order valence-corrected chi connectivity index (χ3v) is 14.1. The summed E-state index contributed by atoms with van der Waals surface area (Å²) in [6, 6.07) is 74.9. The molecule has 0 spiro atoms. The maximum absolute atomic E-state index is 9.54. The van der Waals surface area contributed by atoms with Gasteiger partial charge in [0.15, 0.2) is 0 Å². The fourth-order valence-electron chi connectivity index (χ4n) is 11.3. The molecule has 15 rings (SSSR count). The van der Waals surface area contributed by atoms with Crippen LogP contribution in [0, 0.1) is 0 Å². The Morgan fingerprint density at radius 1 is 0.329 bits per heavy atom. The number of aromatic nitrogens is 6. The lowest BCUT2D eigenvalue weighted by molar-refractivity contribution is 0.951. The van der Waals surface area contributed by atoms with Crippen molar-refractivity contribution < 1.29 is 5.48 Å². The highest BCUT2D eigenvalue weighted by atomic mass is 15.2. The molecule has 6 heteroatoms. The fraction of sp³-hybridized carbons (Fsp3) is 0. The molecule has 10 aromatic carbocycles. The maximum atomic E-state index is 9.54. The SMILES string of the molecule is [2H]c1c([2H])c([2H])c2c(c1[2H])c1ccccc1n2-c1nc(-c2c(-c3cccc4c5ccccc5n(-c5ccccc5)c34)cccc2-n2c3ccccc3c3ccccc32)cc(-n2c3ccccc3c3ccccc32)n1. The smallest absolute Gasteiger partial charge is 0.237 e. The van der Waals surface area contributed by atoms with E-state index in [4.69, 9.17) is 12.7 Å². The van der Waals surface area contributed by atoms with E-state index >= 15 is 0 Å². The normalized spacial score (nSPS) is 12.8. The zero-order valence-corrected chi connectivity index (χ0v) is 37.5. The number of fused-ring (bicyclic) bond motifs is 12. The molecule has 0 atom stereocenters. The predicted molar refractivity (Wildman–Crippen MR) is 290 cm³/mol. The summed E-state index contributed by atoms with van der Waals surface area (Å²) in [7, 11) is 0. The highest BCUT2D eigenvalue weighted by Crippen LogP contribution is 2.46. The molecule has 0 amide bonds. The van der Waals surface area contributed by atoms with Gasteiger partial charge in [-0.1, -0.05) is 176 Å². The van der Waals surface area contributed by atoms with Crippen LogP contribution in [-0.4, -0.2) is 28.2 Å². The average Bonchev–Trinajstić information content (AvgIpc) is 4.23. The average molecular weight is 897 g/mol. The first kappa shape index (κ1) is 34.7. The maximum Gasteiger partial charge on any atom is 0.237 e. The van der Waals surface area contributed by atoms with Gasteiger partial charge in [0.2, 0.25) is 5.95 Å². The van der Waals surface area contributed by atoms with Crippen molar-refractivity contribution in [2.24, 2.45) is 0 Å². The van der Waals surface area contributed by atoms with Crippen LogP contribution in [0.15, 0.2) is 243 Å². The summed E-state index contributed by atoms with van der Waals surface area (Å²) in [6.07, 6.45) is 0. The summed E-state index contributed by atoms with van der Waals surface area (Å²) in [5, 5.41) is 7.73. The molecular formula is C64H40N6. The van der Waals surface area contributed by atoms with Crippen LogP contribution in [0.3, 0.4) is 0 Å². The lowest BCUT2D eigenvalue weighted by atomic mass is 9.93. The zero-order chi connectivity index (χ0) is 49.3. The number of nitrogens with zero attached hydrogens (tertiary/aromatic N) is 6. The molecular weight excluding hydrogens is 853 g/mol. The number of rotatable bonds is 6. The van der Waals surface area contributed by atoms with Crippen LogP contribution in [0.5, 0.6) is 0 Å². The number of benzene rings is 10. The van der Waals surface area contributed by atoms with Crippen molar-refractivity contribution >= 4 is 87.2 Å². The van der Waals surface area contributed by atoms with Crippen LogP contribution in [0.1, 0.15) is 5.48 Å². The summed E-state index contributed by atoms with van der Waals surface area (Å²) in [6.45, 7) is 0. The molecule has 0 aliphatic heterocycles. The van der Waals surface area contributed by atoms with Crippen LogP contribution in [0.4, 0.5) is 0 Å². The molecule has 0 aliphatic carbocycles. The highest BCUT2D eigenvalue weighted by molar-refractivity contribution is 6.16. The second kappa shape index (κ2) is 15.0. The Bertz CT molecular complexity index is 4740. The van der Waals surface area contributed by atoms with Crippen molar-refractivity contribution in [1.82, 2.24) is 28.2 Å². The Hall–Kier alpha value is -9.52. The third kappa shape index (κ3) is 5.50. The fourth-order valence-corrected chi connectivity index (χ4v) is 11.3. The second-order valence-corrected chi connectivity index (χ2v) is 17.8. The van der Waals surface area contributed by atoms with Crippen LogP contribution in [0.2, 0.25) is 0 Å². The van der Waals surface area contributed by atoms with E-state index in [9.17, 15) is 2.74 Å². The van der Waals surface area contributed by atoms with Gasteiger partial charge in [-0.25, -0.2) is 4.98 Å². The van der Waals surface area contributed by atoms with E-state index in [1.54, 1.807) is 0 Å². The number of hydrogen-bond acceptors (Lipinski definition) is 2. The molecule has 0 aliphatic rings. The topological polar surface area (TPSA) is 45.5 Å². The van der Waals surface area contributed by atoms with E-state index in [1.165, 1.54) is 0 Å². The summed E-state index contributed by atoms with van der Waals surface area (Å²) in [5.41, 5.74) is 12.5. The highest BCUT2D eigenvalue weighted by Gasteiger charge is 2.26. The number of hydrogen-bond donors (Lipinski definition) is 0. The Balaban J connectivity index is 1.15. The first-order chi connectivity index (χ1) is 36.4. The lowest BCUT2D eigenvalue weighted by Gasteiger charge is -2.21. The Kier molecular flexibility index (Phi) is 7.44. The van der Waals surface area contributed by atoms with Gasteiger partial charge in [-0.15, -0.1) is 0 Å². The Morgan fingerprint density at radius 2 is 0.786 bits per heavy atom. The van der Waals surface area contributed by atoms with Crippen LogP contribution >= 0.6 is 0 Å². The lowest BCUT2D eigenvalue weighted by Crippen LogP contribution is -2.09. The minimum atomic E-state index is -0.328. The standard InChI is InChI=1S/C64H40N6/c1-2-20-41(21-3-1)67-53-32-11-10-28-48(53)50-30-18-31-51(63(50)67)49-29-19-39-60(68-54-33-12-4-22-42(54)43-23-5-13-34-55(43)68)62(49)52-40-61(69-56-35-14-6-24-44(56)45-25-7-15-36-57(45)69)66-64(65-52)70-58-37-16-8-26-46(58)47-27-9-17-38-59(47)70/h1-40H/i8D,16D,26D,37D. The molecule has 0 unspecified atom stereocenters. The second-order valence-electron chi connectivity index (χ2n) is 17.8. The molecule has 0 radical (unpaired) electrons. The zero-order valence-electron chi connectivity index (χ0n) is 41.5. The number of para-hydroxylation sites is 9. The van der Waals surface area contributed by atoms with Gasteiger partial charge < -0.3 is 9.13 Å². The minimum absolute atomic E-state index is 0.115. The van der Waals surface area contributed by atoms with Gasteiger partial charge in [-0.05, 0) is 66.2 Å². The van der Waals surface area contributed by atoms with Crippen LogP contribution in [-0.2, 0) is 0 Å². The van der Waals surface area contributed by atoms with E-state index < -0.39 is 0 Å². The summed E-state index contributed by atoms with van der Waals surface area (Å²) in [4.78, 5) is 11.3. The summed E-state index contributed by atoms with van der Waals surface area (Å²) >= 11 is 0. The largest absolute Gasteiger partial charge is 0.309 e. The molecule has 5 aromatic heterocycles. The van der Waals surface area contributed by atoms with E-state index in [0.717, 1.165) is 93.5 Å². The monoisotopic (exact) mass is 896 g/mol. The van der Waals surface area contributed by atoms with Gasteiger partial charge in [-0.2, -0.15) is 4.98 Å². The molecule has 0 saturated carbocycles. The van der Waals surface area contributed by atoms with Crippen molar-refractivity contribution in [2.45, 2.75) is 0 Å². The van der Waals surface area contributed by atoms with Gasteiger partial charge in [-0.3, -0.25) is 9.13 Å². The summed E-state index contributed by atoms with van der Waals surface area (Å²) < 4.78 is 45.4. The first-order valence-electron chi connectivity index (χ1n) is 25.5. The van der Waals surface area contributed by atoms with Gasteiger partial charge in [0.25, 0.3) is 0 Å². The van der Waals surface area contributed by atoms with Gasteiger partial charge in [0.05, 0.1) is 61.0 Å². The van der Waals surface area contributed by atoms with Gasteiger partial charge in [0, 0.05) is 66.0 Å². The van der Waals surface area contributed by atoms with Crippen molar-refractivity contribution in [1.29, 1.82) is 0 Å². The van der Waals surface area contributed by atoms with Gasteiger partial charge >= 0.3 is 0 Å². The van der Waals surface area contributed by atoms with Crippen molar-refractivity contribution in [3.05, 3.63) is 243 Å². The molecule has 70 heavy (non-hydrogen) atoms. The predicted octanol–water partition coefficient (Wildman–Crippen LogP) is 16.2. The molecule has 0 N–H and O–H groups in total. The van der Waals surface area contributed by atoms with Crippen molar-refractivity contribution in [3.63, 3.8) is 0 Å². The molecule has 0 fully saturated rings. The van der Waals surface area contributed by atoms with Crippen molar-refractivity contribution in [2.75, 3.05) is 0 Å². The molecule has 6 nitrogen and oxygen atoms in total. The van der Waals surface area contributed by atoms with E-state index in [2.05, 4.69) is 196 Å². The molecule has 326 valence electrons. The quantitative estimate of drug-likeness (QED) is 0.167. The Morgan fingerprint density at radius 3 is 1.40 bits per heavy atom. The van der Waals surface area contributed by atoms with Crippen molar-refractivity contribution in [3.8, 4) is 45.5 Å². The molecule has 5 heterocycles. The van der Waals surface area contributed by atoms with Gasteiger partial charge in [0.1, 0.15) is 5.82 Å². The van der Waals surface area contributed by atoms with E-state index in [0.29, 0.717) is 33.3 Å². The first-order valence-corrected chi connectivity index (χ1v) is 23.5. The minimum Gasteiger partial charge on any atom is -0.309 e. The van der Waals surface area contributed by atoms with E-state index in [-0.39, 0.29) is 30.1 Å². The molecule has 0 saturated heterocycles. The molecule has 0 bridgehead atoms. The van der Waals surface area contributed by atoms with E-state index in [1.807, 2.05) is 41.0 Å².